The average Bonchev–Trinajstić information content (AvgIpc) is 2.86. The Kier molecular flexibility index (Phi) is 3.55. The van der Waals surface area contributed by atoms with E-state index in [4.69, 9.17) is 10.5 Å². The van der Waals surface area contributed by atoms with Gasteiger partial charge in [0.05, 0.1) is 0 Å². The zero-order valence-corrected chi connectivity index (χ0v) is 11.2. The molecule has 0 aliphatic heterocycles. The second-order valence-corrected chi connectivity index (χ2v) is 4.57. The lowest BCUT2D eigenvalue weighted by Crippen LogP contribution is -1.97. The second-order valence-electron chi connectivity index (χ2n) is 4.57. The summed E-state index contributed by atoms with van der Waals surface area (Å²) in [5.41, 5.74) is 7.30. The Morgan fingerprint density at radius 2 is 1.76 bits per heavy atom. The number of halogens is 1. The van der Waals surface area contributed by atoms with Crippen molar-refractivity contribution in [3.05, 3.63) is 66.0 Å². The molecule has 0 amide bonds. The smallest absolute Gasteiger partial charge is 0.192 e. The lowest BCUT2D eigenvalue weighted by Gasteiger charge is -2.10. The van der Waals surface area contributed by atoms with Gasteiger partial charge in [-0.15, -0.1) is 0 Å². The van der Waals surface area contributed by atoms with Crippen molar-refractivity contribution >= 4 is 5.82 Å². The van der Waals surface area contributed by atoms with Crippen molar-refractivity contribution < 1.29 is 9.13 Å². The molecule has 4 nitrogen and oxygen atoms in total. The molecule has 1 aromatic heterocycles. The topological polar surface area (TPSA) is 63.9 Å². The number of ether oxygens (including phenoxy) is 1. The van der Waals surface area contributed by atoms with E-state index in [1.54, 1.807) is 18.2 Å². The van der Waals surface area contributed by atoms with Crippen LogP contribution in [-0.2, 0) is 6.61 Å². The molecule has 3 rings (SSSR count). The number of para-hydroxylation sites is 1. The van der Waals surface area contributed by atoms with Gasteiger partial charge in [0.1, 0.15) is 18.1 Å². The SMILES string of the molecule is Nc1n[nH]c(-c2ccccc2OCc2ccccc2)c1F. The number of nitrogens with one attached hydrogen (secondary N) is 1. The lowest BCUT2D eigenvalue weighted by atomic mass is 10.1. The highest BCUT2D eigenvalue weighted by Crippen LogP contribution is 2.32. The number of hydrogen-bond acceptors (Lipinski definition) is 3. The molecule has 0 saturated carbocycles. The molecule has 21 heavy (non-hydrogen) atoms. The molecule has 0 aliphatic carbocycles. The van der Waals surface area contributed by atoms with E-state index < -0.39 is 5.82 Å². The van der Waals surface area contributed by atoms with E-state index in [1.165, 1.54) is 0 Å². The third-order valence-corrected chi connectivity index (χ3v) is 3.13. The highest BCUT2D eigenvalue weighted by Gasteiger charge is 2.15. The number of nitrogens with two attached hydrogens (primary N) is 1. The first kappa shape index (κ1) is 13.2. The van der Waals surface area contributed by atoms with Crippen molar-refractivity contribution in [1.29, 1.82) is 0 Å². The fourth-order valence-corrected chi connectivity index (χ4v) is 2.06. The van der Waals surface area contributed by atoms with Gasteiger partial charge >= 0.3 is 0 Å². The number of anilines is 1. The van der Waals surface area contributed by atoms with Crippen molar-refractivity contribution in [2.75, 3.05) is 5.73 Å². The number of H-pyrrole nitrogens is 1. The Hall–Kier alpha value is -2.82. The number of rotatable bonds is 4. The number of nitrogen functional groups attached to an aromatic ring is 1. The van der Waals surface area contributed by atoms with E-state index >= 15 is 0 Å². The number of hydrogen-bond donors (Lipinski definition) is 2. The molecule has 2 aromatic carbocycles. The van der Waals surface area contributed by atoms with Crippen LogP contribution in [-0.4, -0.2) is 10.2 Å². The molecule has 3 N–H and O–H groups in total. The summed E-state index contributed by atoms with van der Waals surface area (Å²) in [5, 5.41) is 6.27. The predicted octanol–water partition coefficient (Wildman–Crippen LogP) is 3.38. The summed E-state index contributed by atoms with van der Waals surface area (Å²) in [4.78, 5) is 0. The van der Waals surface area contributed by atoms with E-state index in [1.807, 2.05) is 36.4 Å². The molecule has 0 spiro atoms. The van der Waals surface area contributed by atoms with Gasteiger partial charge in [-0.05, 0) is 17.7 Å². The van der Waals surface area contributed by atoms with E-state index in [9.17, 15) is 4.39 Å². The van der Waals surface area contributed by atoms with E-state index in [0.29, 0.717) is 17.9 Å². The van der Waals surface area contributed by atoms with Gasteiger partial charge in [-0.1, -0.05) is 42.5 Å². The Morgan fingerprint density at radius 1 is 1.05 bits per heavy atom. The maximum atomic E-state index is 13.9. The van der Waals surface area contributed by atoms with Gasteiger partial charge in [0, 0.05) is 5.56 Å². The van der Waals surface area contributed by atoms with Crippen LogP contribution < -0.4 is 10.5 Å². The minimum atomic E-state index is -0.564. The van der Waals surface area contributed by atoms with Gasteiger partial charge in [0.15, 0.2) is 11.6 Å². The summed E-state index contributed by atoms with van der Waals surface area (Å²) in [7, 11) is 0. The Balaban J connectivity index is 1.88. The van der Waals surface area contributed by atoms with Crippen LogP contribution in [0.1, 0.15) is 5.56 Å². The van der Waals surface area contributed by atoms with Crippen LogP contribution in [0.2, 0.25) is 0 Å². The average molecular weight is 283 g/mol. The van der Waals surface area contributed by atoms with Crippen LogP contribution in [0, 0.1) is 5.82 Å². The van der Waals surface area contributed by atoms with Gasteiger partial charge in [0.25, 0.3) is 0 Å². The van der Waals surface area contributed by atoms with Gasteiger partial charge in [-0.3, -0.25) is 5.10 Å². The van der Waals surface area contributed by atoms with Crippen LogP contribution >= 0.6 is 0 Å². The number of nitrogens with zero attached hydrogens (tertiary/aromatic N) is 1. The van der Waals surface area contributed by atoms with Crippen LogP contribution in [0.4, 0.5) is 10.2 Å². The fraction of sp³-hybridized carbons (Fsp3) is 0.0625. The lowest BCUT2D eigenvalue weighted by molar-refractivity contribution is 0.307. The first-order valence-electron chi connectivity index (χ1n) is 6.51. The summed E-state index contributed by atoms with van der Waals surface area (Å²) < 4.78 is 19.7. The zero-order valence-electron chi connectivity index (χ0n) is 11.2. The second kappa shape index (κ2) is 5.66. The van der Waals surface area contributed by atoms with Crippen LogP contribution in [0.3, 0.4) is 0 Å². The monoisotopic (exact) mass is 283 g/mol. The maximum Gasteiger partial charge on any atom is 0.192 e. The minimum absolute atomic E-state index is 0.150. The van der Waals surface area contributed by atoms with Gasteiger partial charge < -0.3 is 10.5 Å². The minimum Gasteiger partial charge on any atom is -0.488 e. The predicted molar refractivity (Wildman–Crippen MR) is 79.2 cm³/mol. The van der Waals surface area contributed by atoms with Crippen LogP contribution in [0.25, 0.3) is 11.3 Å². The largest absolute Gasteiger partial charge is 0.488 e. The molecule has 0 radical (unpaired) electrons. The first-order valence-corrected chi connectivity index (χ1v) is 6.51. The molecular formula is C16H14FN3O. The molecule has 1 heterocycles. The van der Waals surface area contributed by atoms with Crippen molar-refractivity contribution in [2.45, 2.75) is 6.61 Å². The normalized spacial score (nSPS) is 10.5. The summed E-state index contributed by atoms with van der Waals surface area (Å²) in [6.07, 6.45) is 0. The summed E-state index contributed by atoms with van der Waals surface area (Å²) in [5.74, 6) is -0.141. The number of aromatic amines is 1. The molecule has 0 aliphatic rings. The van der Waals surface area contributed by atoms with Crippen molar-refractivity contribution in [1.82, 2.24) is 10.2 Å². The van der Waals surface area contributed by atoms with Crippen molar-refractivity contribution in [2.24, 2.45) is 0 Å². The van der Waals surface area contributed by atoms with Crippen LogP contribution in [0.15, 0.2) is 54.6 Å². The Bertz CT molecular complexity index is 740. The summed E-state index contributed by atoms with van der Waals surface area (Å²) in [6, 6.07) is 17.0. The van der Waals surface area contributed by atoms with Crippen molar-refractivity contribution in [3.63, 3.8) is 0 Å². The number of benzene rings is 2. The zero-order chi connectivity index (χ0) is 14.7. The molecule has 0 atom stereocenters. The molecule has 0 fully saturated rings. The van der Waals surface area contributed by atoms with E-state index in [0.717, 1.165) is 5.56 Å². The van der Waals surface area contributed by atoms with Gasteiger partial charge in [0.2, 0.25) is 0 Å². The molecule has 0 unspecified atom stereocenters. The third-order valence-electron chi connectivity index (χ3n) is 3.13. The maximum absolute atomic E-state index is 13.9. The molecule has 0 bridgehead atoms. The summed E-state index contributed by atoms with van der Waals surface area (Å²) in [6.45, 7) is 0.406. The molecule has 0 saturated heterocycles. The van der Waals surface area contributed by atoms with Crippen molar-refractivity contribution in [3.8, 4) is 17.0 Å². The number of aromatic nitrogens is 2. The van der Waals surface area contributed by atoms with Gasteiger partial charge in [-0.25, -0.2) is 4.39 Å². The summed E-state index contributed by atoms with van der Waals surface area (Å²) >= 11 is 0. The molecule has 5 heteroatoms. The highest BCUT2D eigenvalue weighted by molar-refractivity contribution is 5.69. The highest BCUT2D eigenvalue weighted by atomic mass is 19.1. The molecular weight excluding hydrogens is 269 g/mol. The molecule has 106 valence electrons. The Morgan fingerprint density at radius 3 is 2.48 bits per heavy atom. The fourth-order valence-electron chi connectivity index (χ4n) is 2.06. The van der Waals surface area contributed by atoms with E-state index in [2.05, 4.69) is 10.2 Å². The first-order chi connectivity index (χ1) is 10.3. The van der Waals surface area contributed by atoms with Crippen LogP contribution in [0.5, 0.6) is 5.75 Å². The Labute approximate surface area is 121 Å². The quantitative estimate of drug-likeness (QED) is 0.771. The molecule has 3 aromatic rings. The standard InChI is InChI=1S/C16H14FN3O/c17-14-15(19-20-16(14)18)12-8-4-5-9-13(12)21-10-11-6-2-1-3-7-11/h1-9H,10H2,(H3,18,19,20). The van der Waals surface area contributed by atoms with Gasteiger partial charge in [-0.2, -0.15) is 5.10 Å². The van der Waals surface area contributed by atoms with E-state index in [-0.39, 0.29) is 11.5 Å². The third kappa shape index (κ3) is 2.72.